The molecule has 10 aromatic carbocycles. The van der Waals surface area contributed by atoms with Crippen LogP contribution in [0.25, 0.3) is 111 Å². The number of nitrogens with zero attached hydrogens (tertiary/aromatic N) is 8. The molecular weight excluding hydrogens is 905 g/mol. The molecule has 0 aliphatic carbocycles. The predicted molar refractivity (Wildman–Crippen MR) is 291 cm³/mol. The first-order chi connectivity index (χ1) is 36.4. The van der Waals surface area contributed by atoms with E-state index < -0.39 is 0 Å². The van der Waals surface area contributed by atoms with E-state index in [-0.39, 0.29) is 0 Å². The first-order valence-electron chi connectivity index (χ1n) is 23.6. The first kappa shape index (κ1) is 44.0. The van der Waals surface area contributed by atoms with Crippen LogP contribution in [-0.2, 0) is 0 Å². The monoisotopic (exact) mass is 938 g/mol. The first-order valence-corrected chi connectivity index (χ1v) is 23.6. The zero-order valence-corrected chi connectivity index (χ0v) is 39.2. The second-order valence-electron chi connectivity index (χ2n) is 18.0. The fraction of sp³-hybridized carbons (Fsp3) is 0. The van der Waals surface area contributed by atoms with E-state index in [0.29, 0.717) is 44.8 Å². The van der Waals surface area contributed by atoms with Gasteiger partial charge < -0.3 is 9.13 Å². The van der Waals surface area contributed by atoms with E-state index in [4.69, 9.17) is 0 Å². The largest absolute Gasteiger partial charge is 0.308 e. The molecule has 0 atom stereocenters. The summed E-state index contributed by atoms with van der Waals surface area (Å²) in [4.78, 5) is 0. The molecule has 0 aliphatic heterocycles. The Bertz CT molecular complexity index is 4080. The molecular formula is C66H34N8. The minimum Gasteiger partial charge on any atom is -0.308 e. The molecule has 2 heterocycles. The number of hydrogen-bond donors (Lipinski definition) is 0. The second-order valence-corrected chi connectivity index (χ2v) is 18.0. The molecule has 74 heavy (non-hydrogen) atoms. The fourth-order valence-corrected chi connectivity index (χ4v) is 10.2. The van der Waals surface area contributed by atoms with Crippen LogP contribution in [0.4, 0.5) is 0 Å². The molecule has 0 fully saturated rings. The van der Waals surface area contributed by atoms with Gasteiger partial charge >= 0.3 is 0 Å². The van der Waals surface area contributed by atoms with Crippen molar-refractivity contribution in [1.82, 2.24) is 9.13 Å². The van der Waals surface area contributed by atoms with Crippen molar-refractivity contribution in [2.45, 2.75) is 0 Å². The highest BCUT2D eigenvalue weighted by atomic mass is 15.0. The standard InChI is InChI=1S/C66H34N8/c67-35-41-4-12-46(13-5-41)51-20-24-56-57-25-21-52(47-14-6-42(36-68)7-15-47)30-62(57)73(61(56)29-51)65-33-55(50-3-1-2-45(28-50)39-71)34-66(60(65)40-72)74-63-31-53(48-16-8-43(37-69)9-17-48)22-26-58(63)59-27-23-54(32-64(59)74)49-18-10-44(38-70)11-19-49/h1-34H. The van der Waals surface area contributed by atoms with Gasteiger partial charge in [0.05, 0.1) is 91.6 Å². The fourth-order valence-electron chi connectivity index (χ4n) is 10.2. The summed E-state index contributed by atoms with van der Waals surface area (Å²) in [7, 11) is 0. The molecule has 0 saturated heterocycles. The van der Waals surface area contributed by atoms with Crippen molar-refractivity contribution in [3.8, 4) is 103 Å². The minimum absolute atomic E-state index is 0.392. The predicted octanol–water partition coefficient (Wildman–Crippen LogP) is 15.4. The topological polar surface area (TPSA) is 153 Å². The Morgan fingerprint density at radius 3 is 0.797 bits per heavy atom. The summed E-state index contributed by atoms with van der Waals surface area (Å²) >= 11 is 0. The normalized spacial score (nSPS) is 10.9. The quantitative estimate of drug-likeness (QED) is 0.155. The molecule has 0 radical (unpaired) electrons. The Morgan fingerprint density at radius 2 is 0.514 bits per heavy atom. The van der Waals surface area contributed by atoms with Crippen molar-refractivity contribution < 1.29 is 0 Å². The number of rotatable bonds is 7. The highest BCUT2D eigenvalue weighted by Gasteiger charge is 2.24. The van der Waals surface area contributed by atoms with Gasteiger partial charge in [-0.15, -0.1) is 0 Å². The summed E-state index contributed by atoms with van der Waals surface area (Å²) in [6.45, 7) is 0. The van der Waals surface area contributed by atoms with Crippen LogP contribution in [-0.4, -0.2) is 9.13 Å². The van der Waals surface area contributed by atoms with Crippen molar-refractivity contribution in [3.05, 3.63) is 240 Å². The zero-order chi connectivity index (χ0) is 50.5. The van der Waals surface area contributed by atoms with E-state index in [1.807, 2.05) is 127 Å². The van der Waals surface area contributed by atoms with E-state index >= 15 is 0 Å². The van der Waals surface area contributed by atoms with Crippen molar-refractivity contribution in [1.29, 1.82) is 31.6 Å². The molecule has 8 heteroatoms. The van der Waals surface area contributed by atoms with Gasteiger partial charge in [-0.2, -0.15) is 31.6 Å². The number of fused-ring (bicyclic) bond motifs is 6. The van der Waals surface area contributed by atoms with Crippen LogP contribution in [0.5, 0.6) is 0 Å². The Kier molecular flexibility index (Phi) is 10.7. The van der Waals surface area contributed by atoms with Crippen LogP contribution in [0, 0.1) is 68.0 Å². The Balaban J connectivity index is 1.22. The smallest absolute Gasteiger partial charge is 0.104 e. The van der Waals surface area contributed by atoms with Crippen LogP contribution < -0.4 is 0 Å². The molecule has 8 nitrogen and oxygen atoms in total. The Hall–Kier alpha value is -11.3. The van der Waals surface area contributed by atoms with Crippen LogP contribution in [0.1, 0.15) is 33.4 Å². The van der Waals surface area contributed by atoms with Gasteiger partial charge in [-0.3, -0.25) is 0 Å². The molecule has 0 amide bonds. The molecule has 338 valence electrons. The maximum absolute atomic E-state index is 11.9. The molecule has 0 unspecified atom stereocenters. The second kappa shape index (κ2) is 17.9. The highest BCUT2D eigenvalue weighted by Crippen LogP contribution is 2.43. The van der Waals surface area contributed by atoms with Crippen LogP contribution in [0.2, 0.25) is 0 Å². The van der Waals surface area contributed by atoms with Crippen molar-refractivity contribution in [3.63, 3.8) is 0 Å². The highest BCUT2D eigenvalue weighted by molar-refractivity contribution is 6.13. The SMILES string of the molecule is N#Cc1ccc(-c2ccc3c4ccc(-c5ccc(C#N)cc5)cc4n(-c4cc(-c5cccc(C#N)c5)cc(-n5c6cc(-c7ccc(C#N)cc7)ccc6c6ccc(-c7ccc(C#N)cc7)cc65)c4C#N)c3c2)cc1. The maximum atomic E-state index is 11.9. The van der Waals surface area contributed by atoms with Gasteiger partial charge in [0.1, 0.15) is 11.6 Å². The van der Waals surface area contributed by atoms with Crippen LogP contribution >= 0.6 is 0 Å². The van der Waals surface area contributed by atoms with Gasteiger partial charge in [0.25, 0.3) is 0 Å². The molecule has 12 aromatic rings. The van der Waals surface area contributed by atoms with Gasteiger partial charge in [-0.25, -0.2) is 0 Å². The van der Waals surface area contributed by atoms with E-state index in [9.17, 15) is 31.6 Å². The summed E-state index contributed by atoms with van der Waals surface area (Å²) in [6.07, 6.45) is 0. The molecule has 0 saturated carbocycles. The molecule has 0 bridgehead atoms. The van der Waals surface area contributed by atoms with E-state index in [1.165, 1.54) is 0 Å². The molecule has 0 spiro atoms. The maximum Gasteiger partial charge on any atom is 0.104 e. The van der Waals surface area contributed by atoms with Crippen molar-refractivity contribution in [2.75, 3.05) is 0 Å². The summed E-state index contributed by atoms with van der Waals surface area (Å²) in [5.41, 5.74) is 16.6. The summed E-state index contributed by atoms with van der Waals surface area (Å²) in [5.74, 6) is 0. The average Bonchev–Trinajstić information content (AvgIpc) is 3.97. The minimum atomic E-state index is 0.392. The van der Waals surface area contributed by atoms with Crippen molar-refractivity contribution >= 4 is 43.6 Å². The van der Waals surface area contributed by atoms with Gasteiger partial charge in [-0.1, -0.05) is 109 Å². The third-order valence-corrected chi connectivity index (χ3v) is 13.9. The summed E-state index contributed by atoms with van der Waals surface area (Å²) < 4.78 is 4.34. The van der Waals surface area contributed by atoms with Gasteiger partial charge in [-0.05, 0) is 153 Å². The molecule has 0 N–H and O–H groups in total. The lowest BCUT2D eigenvalue weighted by Gasteiger charge is -2.19. The Labute approximate surface area is 425 Å². The van der Waals surface area contributed by atoms with Crippen LogP contribution in [0.3, 0.4) is 0 Å². The molecule has 2 aromatic heterocycles. The number of aromatic nitrogens is 2. The lowest BCUT2D eigenvalue weighted by Crippen LogP contribution is -2.05. The Morgan fingerprint density at radius 1 is 0.230 bits per heavy atom. The number of nitriles is 6. The van der Waals surface area contributed by atoms with Gasteiger partial charge in [0.2, 0.25) is 0 Å². The lowest BCUT2D eigenvalue weighted by molar-refractivity contribution is 1.12. The lowest BCUT2D eigenvalue weighted by atomic mass is 9.98. The van der Waals surface area contributed by atoms with Crippen molar-refractivity contribution in [2.24, 2.45) is 0 Å². The third kappa shape index (κ3) is 7.44. The van der Waals surface area contributed by atoms with E-state index in [2.05, 4.69) is 118 Å². The van der Waals surface area contributed by atoms with E-state index in [1.54, 1.807) is 6.07 Å². The average molecular weight is 939 g/mol. The third-order valence-electron chi connectivity index (χ3n) is 13.9. The summed E-state index contributed by atoms with van der Waals surface area (Å²) in [5, 5.41) is 64.5. The van der Waals surface area contributed by atoms with Gasteiger partial charge in [0, 0.05) is 21.5 Å². The van der Waals surface area contributed by atoms with Crippen LogP contribution in [0.15, 0.2) is 206 Å². The zero-order valence-electron chi connectivity index (χ0n) is 39.2. The van der Waals surface area contributed by atoms with E-state index in [0.717, 1.165) is 99.2 Å². The molecule has 0 aliphatic rings. The number of benzene rings is 10. The molecule has 12 rings (SSSR count). The number of hydrogen-bond acceptors (Lipinski definition) is 6. The summed E-state index contributed by atoms with van der Waals surface area (Å²) in [6, 6.07) is 80.8. The van der Waals surface area contributed by atoms with Gasteiger partial charge in [0.15, 0.2) is 0 Å².